The third-order valence-electron chi connectivity index (χ3n) is 2.84. The topological polar surface area (TPSA) is 74.2 Å². The molecule has 0 heterocycles. The van der Waals surface area contributed by atoms with Crippen LogP contribution < -0.4 is 15.4 Å². The number of carbonyl (C=O) groups is 1. The Labute approximate surface area is 148 Å². The van der Waals surface area contributed by atoms with Crippen molar-refractivity contribution in [1.29, 1.82) is 5.26 Å². The number of nitrogens with zero attached hydrogens (tertiary/aromatic N) is 1. The first-order valence-electron chi connectivity index (χ1n) is 7.52. The summed E-state index contributed by atoms with van der Waals surface area (Å²) in [6.07, 6.45) is 5.45. The van der Waals surface area contributed by atoms with Crippen LogP contribution >= 0.6 is 11.8 Å². The van der Waals surface area contributed by atoms with Crippen molar-refractivity contribution in [2.75, 3.05) is 27.2 Å². The summed E-state index contributed by atoms with van der Waals surface area (Å²) in [5.74, 6) is 0.785. The molecule has 0 unspecified atom stereocenters. The van der Waals surface area contributed by atoms with Gasteiger partial charge < -0.3 is 15.4 Å². The number of carbonyl (C=O) groups excluding carboxylic acids is 1. The van der Waals surface area contributed by atoms with E-state index in [0.717, 1.165) is 42.0 Å². The number of rotatable bonds is 9. The Bertz CT molecular complexity index is 580. The first kappa shape index (κ1) is 21.8. The maximum atomic E-state index is 10.7. The quantitative estimate of drug-likeness (QED) is 0.235. The zero-order chi connectivity index (χ0) is 18.2. The largest absolute Gasteiger partial charge is 0.497 e. The van der Waals surface area contributed by atoms with E-state index in [1.54, 1.807) is 13.2 Å². The third kappa shape index (κ3) is 9.72. The lowest BCUT2D eigenvalue weighted by Gasteiger charge is -2.06. The van der Waals surface area contributed by atoms with Gasteiger partial charge in [-0.2, -0.15) is 5.26 Å². The average molecular weight is 347 g/mol. The van der Waals surface area contributed by atoms with Crippen LogP contribution in [0.4, 0.5) is 0 Å². The van der Waals surface area contributed by atoms with Gasteiger partial charge in [0.1, 0.15) is 5.75 Å². The fourth-order valence-electron chi connectivity index (χ4n) is 1.56. The summed E-state index contributed by atoms with van der Waals surface area (Å²) >= 11 is 1.36. The number of aldehydes is 1. The molecule has 1 aromatic carbocycles. The van der Waals surface area contributed by atoms with Crippen molar-refractivity contribution in [1.82, 2.24) is 10.6 Å². The van der Waals surface area contributed by atoms with Crippen LogP contribution in [0.15, 0.2) is 41.8 Å². The molecule has 0 fully saturated rings. The lowest BCUT2D eigenvalue weighted by molar-refractivity contribution is -0.104. The number of hydrogen-bond donors (Lipinski definition) is 2. The molecule has 0 radical (unpaired) electrons. The number of nitriles is 1. The maximum absolute atomic E-state index is 10.7. The predicted octanol–water partition coefficient (Wildman–Crippen LogP) is 3.17. The summed E-state index contributed by atoms with van der Waals surface area (Å²) in [5, 5.41) is 13.5. The van der Waals surface area contributed by atoms with Crippen molar-refractivity contribution in [2.45, 2.75) is 13.3 Å². The zero-order valence-corrected chi connectivity index (χ0v) is 15.3. The van der Waals surface area contributed by atoms with E-state index in [-0.39, 0.29) is 0 Å². The molecule has 0 aliphatic carbocycles. The molecule has 5 nitrogen and oxygen atoms in total. The molecular formula is C18H25N3O2S. The van der Waals surface area contributed by atoms with E-state index in [0.29, 0.717) is 4.91 Å². The van der Waals surface area contributed by atoms with Gasteiger partial charge in [0.15, 0.2) is 12.5 Å². The van der Waals surface area contributed by atoms with Crippen molar-refractivity contribution in [3.63, 3.8) is 0 Å². The van der Waals surface area contributed by atoms with Gasteiger partial charge in [0, 0.05) is 16.4 Å². The van der Waals surface area contributed by atoms with E-state index in [4.69, 9.17) is 10.00 Å². The molecule has 1 rings (SSSR count). The van der Waals surface area contributed by atoms with Gasteiger partial charge in [0.2, 0.25) is 0 Å². The Hall–Kier alpha value is -2.23. The molecule has 0 aliphatic rings. The van der Waals surface area contributed by atoms with Gasteiger partial charge in [-0.3, -0.25) is 4.79 Å². The number of ether oxygens (including phenoxy) is 1. The number of allylic oxidation sites excluding steroid dienone is 2. The van der Waals surface area contributed by atoms with Crippen molar-refractivity contribution in [3.8, 4) is 11.9 Å². The molecule has 0 aromatic heterocycles. The second-order valence-electron chi connectivity index (χ2n) is 4.56. The van der Waals surface area contributed by atoms with E-state index in [1.807, 2.05) is 44.4 Å². The predicted molar refractivity (Wildman–Crippen MR) is 102 cm³/mol. The Kier molecular flexibility index (Phi) is 13.0. The van der Waals surface area contributed by atoms with Gasteiger partial charge in [-0.25, -0.2) is 0 Å². The first-order valence-corrected chi connectivity index (χ1v) is 8.33. The Morgan fingerprint density at radius 1 is 1.46 bits per heavy atom. The van der Waals surface area contributed by atoms with Gasteiger partial charge in [-0.1, -0.05) is 36.5 Å². The minimum Gasteiger partial charge on any atom is -0.497 e. The molecule has 24 heavy (non-hydrogen) atoms. The van der Waals surface area contributed by atoms with Gasteiger partial charge in [-0.15, -0.1) is 0 Å². The fraction of sp³-hybridized carbons (Fsp3) is 0.333. The van der Waals surface area contributed by atoms with Gasteiger partial charge in [0.05, 0.1) is 7.11 Å². The summed E-state index contributed by atoms with van der Waals surface area (Å²) < 4.78 is 5.13. The number of methoxy groups -OCH3 is 1. The summed E-state index contributed by atoms with van der Waals surface area (Å²) in [6, 6.07) is 7.61. The molecule has 0 aliphatic heterocycles. The van der Waals surface area contributed by atoms with Crippen LogP contribution in [-0.4, -0.2) is 33.5 Å². The van der Waals surface area contributed by atoms with E-state index in [1.165, 1.54) is 11.8 Å². The smallest absolute Gasteiger partial charge is 0.176 e. The second-order valence-corrected chi connectivity index (χ2v) is 5.73. The average Bonchev–Trinajstić information content (AvgIpc) is 2.63. The standard InChI is InChI=1S/C13H14O2S.C5H11N3/c1-4-13(9-14)16-10(2)11-6-5-7-12(8-11)15-3;1-7-3-2-4-8-5-6/h4-9H,2H2,1,3H3;7-8H,2-4H2,1H3/b13-4-;. The third-order valence-corrected chi connectivity index (χ3v) is 3.89. The van der Waals surface area contributed by atoms with Crippen LogP contribution in [0.1, 0.15) is 18.9 Å². The maximum Gasteiger partial charge on any atom is 0.176 e. The second kappa shape index (κ2) is 14.4. The van der Waals surface area contributed by atoms with E-state index in [2.05, 4.69) is 17.2 Å². The number of benzene rings is 1. The van der Waals surface area contributed by atoms with Crippen molar-refractivity contribution >= 4 is 23.0 Å². The molecule has 1 aromatic rings. The first-order chi connectivity index (χ1) is 11.6. The van der Waals surface area contributed by atoms with E-state index < -0.39 is 0 Å². The molecule has 0 amide bonds. The van der Waals surface area contributed by atoms with E-state index >= 15 is 0 Å². The highest BCUT2D eigenvalue weighted by Crippen LogP contribution is 2.32. The van der Waals surface area contributed by atoms with Crippen LogP contribution in [0, 0.1) is 11.5 Å². The minimum absolute atomic E-state index is 0.660. The van der Waals surface area contributed by atoms with Crippen molar-refractivity contribution in [3.05, 3.63) is 47.4 Å². The minimum atomic E-state index is 0.660. The van der Waals surface area contributed by atoms with Crippen molar-refractivity contribution < 1.29 is 9.53 Å². The summed E-state index contributed by atoms with van der Waals surface area (Å²) in [7, 11) is 3.52. The molecular weight excluding hydrogens is 322 g/mol. The van der Waals surface area contributed by atoms with E-state index in [9.17, 15) is 4.79 Å². The summed E-state index contributed by atoms with van der Waals surface area (Å²) in [5.41, 5.74) is 0.963. The van der Waals surface area contributed by atoms with Crippen LogP contribution in [0.2, 0.25) is 0 Å². The Balaban J connectivity index is 0.000000561. The summed E-state index contributed by atoms with van der Waals surface area (Å²) in [4.78, 5) is 12.2. The fourth-order valence-corrected chi connectivity index (χ4v) is 2.25. The van der Waals surface area contributed by atoms with Gasteiger partial charge in [-0.05, 0) is 44.6 Å². The molecule has 0 atom stereocenters. The highest BCUT2D eigenvalue weighted by molar-refractivity contribution is 8.12. The number of thioether (sulfide) groups is 1. The number of nitrogens with one attached hydrogen (secondary N) is 2. The monoisotopic (exact) mass is 347 g/mol. The SMILES string of the molecule is C=C(S/C(C=O)=C\C)c1cccc(OC)c1.CNCCCNC#N. The van der Waals surface area contributed by atoms with Crippen LogP contribution in [0.25, 0.3) is 4.91 Å². The highest BCUT2D eigenvalue weighted by atomic mass is 32.2. The molecule has 0 spiro atoms. The molecule has 0 bridgehead atoms. The normalized spacial score (nSPS) is 10.0. The summed E-state index contributed by atoms with van der Waals surface area (Å²) in [6.45, 7) is 7.51. The van der Waals surface area contributed by atoms with Crippen LogP contribution in [0.5, 0.6) is 5.75 Å². The Morgan fingerprint density at radius 2 is 2.21 bits per heavy atom. The molecule has 6 heteroatoms. The van der Waals surface area contributed by atoms with Crippen LogP contribution in [0.3, 0.4) is 0 Å². The lowest BCUT2D eigenvalue weighted by Crippen LogP contribution is -2.15. The lowest BCUT2D eigenvalue weighted by atomic mass is 10.2. The molecule has 2 N–H and O–H groups in total. The highest BCUT2D eigenvalue weighted by Gasteiger charge is 2.04. The van der Waals surface area contributed by atoms with Gasteiger partial charge in [0.25, 0.3) is 0 Å². The zero-order valence-electron chi connectivity index (χ0n) is 14.5. The van der Waals surface area contributed by atoms with Gasteiger partial charge >= 0.3 is 0 Å². The Morgan fingerprint density at radius 3 is 2.75 bits per heavy atom. The number of hydrogen-bond acceptors (Lipinski definition) is 6. The van der Waals surface area contributed by atoms with Crippen LogP contribution in [-0.2, 0) is 4.79 Å². The molecule has 130 valence electrons. The molecule has 0 saturated carbocycles. The molecule has 0 saturated heterocycles. The van der Waals surface area contributed by atoms with Crippen molar-refractivity contribution in [2.24, 2.45) is 0 Å².